The summed E-state index contributed by atoms with van der Waals surface area (Å²) in [6.07, 6.45) is 0. The fraction of sp³-hybridized carbons (Fsp3) is 0.308. The number of nitrogens with one attached hydrogen (secondary N) is 1. The Labute approximate surface area is 118 Å². The van der Waals surface area contributed by atoms with Gasteiger partial charge in [0.2, 0.25) is 10.0 Å². The molecular formula is C13H17N3O3S. The van der Waals surface area contributed by atoms with Crippen molar-refractivity contribution in [2.45, 2.75) is 31.7 Å². The lowest BCUT2D eigenvalue weighted by atomic mass is 10.1. The zero-order chi connectivity index (χ0) is 14.9. The van der Waals surface area contributed by atoms with Crippen LogP contribution in [0.4, 0.5) is 5.69 Å². The molecule has 1 heterocycles. The lowest BCUT2D eigenvalue weighted by Crippen LogP contribution is -2.28. The Morgan fingerprint density at radius 3 is 2.50 bits per heavy atom. The molecule has 1 atom stereocenters. The number of hydrogen-bond acceptors (Lipinski definition) is 5. The predicted octanol–water partition coefficient (Wildman–Crippen LogP) is 1.91. The average molecular weight is 295 g/mol. The van der Waals surface area contributed by atoms with E-state index in [2.05, 4.69) is 9.88 Å². The summed E-state index contributed by atoms with van der Waals surface area (Å²) in [5, 5.41) is 3.82. The quantitative estimate of drug-likeness (QED) is 0.840. The zero-order valence-electron chi connectivity index (χ0n) is 11.5. The zero-order valence-corrected chi connectivity index (χ0v) is 12.4. The topological polar surface area (TPSA) is 98.2 Å². The van der Waals surface area contributed by atoms with Gasteiger partial charge in [-0.15, -0.1) is 0 Å². The smallest absolute Gasteiger partial charge is 0.243 e. The first-order valence-electron chi connectivity index (χ1n) is 6.12. The standard InChI is InChI=1S/C13H17N3O3S/c1-8-13(10(3)19-15-8)9(2)16-20(17,18)12-7-5-4-6-11(12)14/h4-7,9,16H,14H2,1-3H3. The molecule has 0 amide bonds. The molecule has 1 aromatic heterocycles. The van der Waals surface area contributed by atoms with E-state index in [0.717, 1.165) is 5.56 Å². The highest BCUT2D eigenvalue weighted by molar-refractivity contribution is 7.89. The van der Waals surface area contributed by atoms with Gasteiger partial charge in [-0.1, -0.05) is 17.3 Å². The Balaban J connectivity index is 2.32. The summed E-state index contributed by atoms with van der Waals surface area (Å²) in [6.45, 7) is 5.26. The van der Waals surface area contributed by atoms with Crippen LogP contribution >= 0.6 is 0 Å². The number of benzene rings is 1. The second-order valence-electron chi connectivity index (χ2n) is 4.62. The van der Waals surface area contributed by atoms with Crippen LogP contribution in [0.25, 0.3) is 0 Å². The van der Waals surface area contributed by atoms with E-state index in [-0.39, 0.29) is 10.6 Å². The second-order valence-corrected chi connectivity index (χ2v) is 6.30. The minimum atomic E-state index is -3.69. The normalized spacial score (nSPS) is 13.3. The summed E-state index contributed by atoms with van der Waals surface area (Å²) >= 11 is 0. The van der Waals surface area contributed by atoms with Gasteiger partial charge in [-0.05, 0) is 32.9 Å². The van der Waals surface area contributed by atoms with Gasteiger partial charge in [-0.25, -0.2) is 13.1 Å². The molecule has 0 aliphatic rings. The third-order valence-corrected chi connectivity index (χ3v) is 4.68. The molecule has 1 aromatic carbocycles. The van der Waals surface area contributed by atoms with Gasteiger partial charge >= 0.3 is 0 Å². The fourth-order valence-corrected chi connectivity index (χ4v) is 3.53. The Morgan fingerprint density at radius 1 is 1.30 bits per heavy atom. The predicted molar refractivity (Wildman–Crippen MR) is 75.6 cm³/mol. The molecule has 1 unspecified atom stereocenters. The molecule has 0 saturated carbocycles. The van der Waals surface area contributed by atoms with Crippen LogP contribution in [0.2, 0.25) is 0 Å². The van der Waals surface area contributed by atoms with Crippen LogP contribution in [-0.2, 0) is 10.0 Å². The Hall–Kier alpha value is -1.86. The van der Waals surface area contributed by atoms with Crippen LogP contribution in [0.3, 0.4) is 0 Å². The number of nitrogen functional groups attached to an aromatic ring is 1. The van der Waals surface area contributed by atoms with Crippen molar-refractivity contribution in [1.29, 1.82) is 0 Å². The van der Waals surface area contributed by atoms with Gasteiger partial charge in [0, 0.05) is 11.6 Å². The van der Waals surface area contributed by atoms with Crippen LogP contribution in [0, 0.1) is 13.8 Å². The number of sulfonamides is 1. The lowest BCUT2D eigenvalue weighted by molar-refractivity contribution is 0.391. The van der Waals surface area contributed by atoms with Crippen molar-refractivity contribution in [2.75, 3.05) is 5.73 Å². The third kappa shape index (κ3) is 2.68. The molecule has 2 aromatic rings. The Morgan fingerprint density at radius 2 is 1.95 bits per heavy atom. The summed E-state index contributed by atoms with van der Waals surface area (Å²) in [5.74, 6) is 0.596. The molecule has 0 saturated heterocycles. The van der Waals surface area contributed by atoms with Gasteiger partial charge in [0.15, 0.2) is 0 Å². The highest BCUT2D eigenvalue weighted by Gasteiger charge is 2.24. The van der Waals surface area contributed by atoms with E-state index in [4.69, 9.17) is 10.3 Å². The molecule has 108 valence electrons. The maximum Gasteiger partial charge on any atom is 0.243 e. The SMILES string of the molecule is Cc1noc(C)c1C(C)NS(=O)(=O)c1ccccc1N. The number of nitrogens with two attached hydrogens (primary N) is 1. The van der Waals surface area contributed by atoms with Gasteiger partial charge in [-0.2, -0.15) is 0 Å². The molecule has 2 rings (SSSR count). The van der Waals surface area contributed by atoms with Crippen LogP contribution in [0.15, 0.2) is 33.7 Å². The Kier molecular flexibility index (Phi) is 3.82. The molecule has 3 N–H and O–H groups in total. The van der Waals surface area contributed by atoms with Gasteiger partial charge in [0.1, 0.15) is 10.7 Å². The number of aryl methyl sites for hydroxylation is 2. The van der Waals surface area contributed by atoms with Crippen LogP contribution in [0.1, 0.15) is 30.0 Å². The number of anilines is 1. The summed E-state index contributed by atoms with van der Waals surface area (Å²) in [5.41, 5.74) is 7.33. The van der Waals surface area contributed by atoms with Gasteiger partial charge in [0.05, 0.1) is 11.4 Å². The van der Waals surface area contributed by atoms with Crippen molar-refractivity contribution in [3.8, 4) is 0 Å². The van der Waals surface area contributed by atoms with E-state index in [1.54, 1.807) is 39.0 Å². The van der Waals surface area contributed by atoms with E-state index < -0.39 is 16.1 Å². The van der Waals surface area contributed by atoms with Gasteiger partial charge in [0.25, 0.3) is 0 Å². The van der Waals surface area contributed by atoms with Crippen molar-refractivity contribution in [3.05, 3.63) is 41.3 Å². The maximum absolute atomic E-state index is 12.3. The van der Waals surface area contributed by atoms with Crippen molar-refractivity contribution in [3.63, 3.8) is 0 Å². The second kappa shape index (κ2) is 5.26. The summed E-state index contributed by atoms with van der Waals surface area (Å²) in [7, 11) is -3.69. The van der Waals surface area contributed by atoms with E-state index >= 15 is 0 Å². The van der Waals surface area contributed by atoms with E-state index in [1.165, 1.54) is 6.07 Å². The van der Waals surface area contributed by atoms with Crippen LogP contribution in [0.5, 0.6) is 0 Å². The van der Waals surface area contributed by atoms with Crippen molar-refractivity contribution >= 4 is 15.7 Å². The molecule has 0 aliphatic heterocycles. The fourth-order valence-electron chi connectivity index (χ4n) is 2.19. The first kappa shape index (κ1) is 14.5. The summed E-state index contributed by atoms with van der Waals surface area (Å²) in [6, 6.07) is 5.88. The average Bonchev–Trinajstić information content (AvgIpc) is 2.68. The lowest BCUT2D eigenvalue weighted by Gasteiger charge is -2.15. The Bertz CT molecular complexity index is 703. The van der Waals surface area contributed by atoms with Crippen molar-refractivity contribution in [1.82, 2.24) is 9.88 Å². The first-order chi connectivity index (χ1) is 9.33. The molecule has 20 heavy (non-hydrogen) atoms. The molecule has 0 bridgehead atoms. The van der Waals surface area contributed by atoms with Gasteiger partial charge in [-0.3, -0.25) is 0 Å². The minimum absolute atomic E-state index is 0.0682. The van der Waals surface area contributed by atoms with Crippen LogP contribution in [-0.4, -0.2) is 13.6 Å². The number of hydrogen-bond donors (Lipinski definition) is 2. The van der Waals surface area contributed by atoms with E-state index in [9.17, 15) is 8.42 Å². The highest BCUT2D eigenvalue weighted by atomic mass is 32.2. The molecule has 7 heteroatoms. The third-order valence-electron chi connectivity index (χ3n) is 3.06. The first-order valence-corrected chi connectivity index (χ1v) is 7.61. The highest BCUT2D eigenvalue weighted by Crippen LogP contribution is 2.24. The molecule has 0 fully saturated rings. The van der Waals surface area contributed by atoms with Crippen LogP contribution < -0.4 is 10.5 Å². The monoisotopic (exact) mass is 295 g/mol. The summed E-state index contributed by atoms with van der Waals surface area (Å²) in [4.78, 5) is 0.0682. The molecular weight excluding hydrogens is 278 g/mol. The molecule has 0 radical (unpaired) electrons. The van der Waals surface area contributed by atoms with E-state index in [1.807, 2.05) is 0 Å². The molecule has 6 nitrogen and oxygen atoms in total. The maximum atomic E-state index is 12.3. The number of nitrogens with zero attached hydrogens (tertiary/aromatic N) is 1. The van der Waals surface area contributed by atoms with Crippen molar-refractivity contribution in [2.24, 2.45) is 0 Å². The largest absolute Gasteiger partial charge is 0.398 e. The number of aromatic nitrogens is 1. The van der Waals surface area contributed by atoms with Crippen molar-refractivity contribution < 1.29 is 12.9 Å². The van der Waals surface area contributed by atoms with E-state index in [0.29, 0.717) is 11.5 Å². The molecule has 0 spiro atoms. The molecule has 0 aliphatic carbocycles. The number of rotatable bonds is 4. The minimum Gasteiger partial charge on any atom is -0.398 e. The van der Waals surface area contributed by atoms with Gasteiger partial charge < -0.3 is 10.3 Å². The number of para-hydroxylation sites is 1. The summed E-state index contributed by atoms with van der Waals surface area (Å²) < 4.78 is 32.3.